The highest BCUT2D eigenvalue weighted by atomic mass is 19.1. The highest BCUT2D eigenvalue weighted by Crippen LogP contribution is 2.38. The van der Waals surface area contributed by atoms with Crippen molar-refractivity contribution in [3.63, 3.8) is 0 Å². The highest BCUT2D eigenvalue weighted by Gasteiger charge is 2.28. The fraction of sp³-hybridized carbons (Fsp3) is 0.333. The van der Waals surface area contributed by atoms with E-state index >= 15 is 0 Å². The van der Waals surface area contributed by atoms with Crippen molar-refractivity contribution in [3.8, 4) is 11.4 Å². The van der Waals surface area contributed by atoms with Gasteiger partial charge in [0, 0.05) is 52.5 Å². The number of aromatic nitrogens is 2. The van der Waals surface area contributed by atoms with Gasteiger partial charge in [0.15, 0.2) is 0 Å². The lowest BCUT2D eigenvalue weighted by Gasteiger charge is -2.16. The number of rotatable bonds is 7. The van der Waals surface area contributed by atoms with Crippen LogP contribution >= 0.6 is 0 Å². The van der Waals surface area contributed by atoms with Gasteiger partial charge in [-0.05, 0) is 133 Å². The van der Waals surface area contributed by atoms with Crippen molar-refractivity contribution in [1.29, 1.82) is 0 Å². The Bertz CT molecular complexity index is 2600. The predicted octanol–water partition coefficient (Wildman–Crippen LogP) is 11.0. The van der Waals surface area contributed by atoms with E-state index in [-0.39, 0.29) is 44.2 Å². The number of nitrogens with two attached hydrogens (primary N) is 1. The zero-order chi connectivity index (χ0) is 41.3. The molecule has 4 aromatic carbocycles. The molecule has 0 bridgehead atoms. The number of fused-ring (bicyclic) bond motifs is 4. The third-order valence-corrected chi connectivity index (χ3v) is 10.2. The van der Waals surface area contributed by atoms with Gasteiger partial charge >= 0.3 is 5.97 Å². The number of aromatic carboxylic acids is 1. The first kappa shape index (κ1) is 45.8. The van der Waals surface area contributed by atoms with Gasteiger partial charge < -0.3 is 25.3 Å². The summed E-state index contributed by atoms with van der Waals surface area (Å²) < 4.78 is 31.7. The zero-order valence-electron chi connectivity index (χ0n) is 33.8. The predicted molar refractivity (Wildman–Crippen MR) is 240 cm³/mol. The van der Waals surface area contributed by atoms with Crippen molar-refractivity contribution in [2.45, 2.75) is 95.2 Å². The summed E-state index contributed by atoms with van der Waals surface area (Å²) in [5.41, 5.74) is 16.2. The van der Waals surface area contributed by atoms with Gasteiger partial charge in [0.2, 0.25) is 0 Å². The lowest BCUT2D eigenvalue weighted by molar-refractivity contribution is 0.0697. The van der Waals surface area contributed by atoms with Crippen molar-refractivity contribution in [3.05, 3.63) is 128 Å². The number of hydrogen-bond donors (Lipinski definition) is 3. The van der Waals surface area contributed by atoms with Crippen LogP contribution in [0.5, 0.6) is 0 Å². The molecule has 4 N–H and O–H groups in total. The third kappa shape index (κ3) is 8.61. The summed E-state index contributed by atoms with van der Waals surface area (Å²) >= 11 is 0. The second kappa shape index (κ2) is 18.8. The Labute approximate surface area is 346 Å². The van der Waals surface area contributed by atoms with Crippen LogP contribution in [0.4, 0.5) is 8.78 Å². The van der Waals surface area contributed by atoms with Crippen LogP contribution in [-0.2, 0) is 13.1 Å². The van der Waals surface area contributed by atoms with Crippen LogP contribution in [0.2, 0.25) is 0 Å². The average molecular weight is 805 g/mol. The standard InChI is InChI=1S/C23H24FN3O.C21H19FN2O2.C2H7N.2CH4/c1-5-26-23(28)21-18-9-15-11-25-12-16(15)10-20(18)27(22(21)13(2)3)17-6-7-19(24)14(4)8-17;1-11(2)20-19(21(25)26)16-7-13-9-23-10-14(13)8-18(16)24(20)15-4-5-17(22)12(3)6-15;1-2-3;;/h6-10,12-13H,5,11H2,1-4H3,(H,26,28);4-8,10-11H,9H2,1-3H3,(H,25,26);2-3H2,1H3;2*1H4. The van der Waals surface area contributed by atoms with E-state index < -0.39 is 5.97 Å². The highest BCUT2D eigenvalue weighted by molar-refractivity contribution is 6.11. The van der Waals surface area contributed by atoms with Crippen molar-refractivity contribution >= 4 is 46.1 Å². The topological polar surface area (TPSA) is 127 Å². The molecule has 2 aliphatic rings. The maximum absolute atomic E-state index is 13.9. The van der Waals surface area contributed by atoms with Crippen LogP contribution in [0.15, 0.2) is 70.6 Å². The number of carbonyl (C=O) groups excluding carboxylic acids is 1. The van der Waals surface area contributed by atoms with E-state index in [9.17, 15) is 23.5 Å². The monoisotopic (exact) mass is 804 g/mol. The number of amides is 1. The molecular formula is C48H58F2N6O3. The molecule has 0 aliphatic carbocycles. The van der Waals surface area contributed by atoms with Gasteiger partial charge in [0.05, 0.1) is 35.2 Å². The molecule has 1 amide bonds. The number of carbonyl (C=O) groups is 2. The molecule has 59 heavy (non-hydrogen) atoms. The number of hydrogen-bond acceptors (Lipinski definition) is 5. The molecule has 312 valence electrons. The van der Waals surface area contributed by atoms with Crippen molar-refractivity contribution in [2.75, 3.05) is 13.1 Å². The van der Waals surface area contributed by atoms with E-state index in [1.54, 1.807) is 32.0 Å². The molecule has 0 fully saturated rings. The molecule has 0 saturated heterocycles. The van der Waals surface area contributed by atoms with Crippen LogP contribution in [0.25, 0.3) is 33.2 Å². The summed E-state index contributed by atoms with van der Waals surface area (Å²) in [6.07, 6.45) is 3.69. The number of carboxylic acids is 1. The second-order valence-electron chi connectivity index (χ2n) is 15.0. The second-order valence-corrected chi connectivity index (χ2v) is 15.0. The normalized spacial score (nSPS) is 12.1. The van der Waals surface area contributed by atoms with Gasteiger partial charge in [-0.2, -0.15) is 0 Å². The Balaban J connectivity index is 0.000000237. The Hall–Kier alpha value is -5.94. The fourth-order valence-corrected chi connectivity index (χ4v) is 7.73. The molecule has 4 heterocycles. The summed E-state index contributed by atoms with van der Waals surface area (Å²) in [4.78, 5) is 33.8. The summed E-state index contributed by atoms with van der Waals surface area (Å²) in [5, 5.41) is 14.5. The van der Waals surface area contributed by atoms with Crippen molar-refractivity contribution < 1.29 is 23.5 Å². The number of aliphatic imine (C=N–C) groups is 2. The smallest absolute Gasteiger partial charge is 0.338 e. The Morgan fingerprint density at radius 2 is 1.14 bits per heavy atom. The first-order valence-electron chi connectivity index (χ1n) is 19.4. The lowest BCUT2D eigenvalue weighted by Crippen LogP contribution is -2.24. The van der Waals surface area contributed by atoms with Gasteiger partial charge in [0.1, 0.15) is 11.6 Å². The van der Waals surface area contributed by atoms with Crippen molar-refractivity contribution in [1.82, 2.24) is 14.5 Å². The van der Waals surface area contributed by atoms with E-state index in [4.69, 9.17) is 5.73 Å². The Morgan fingerprint density at radius 3 is 1.51 bits per heavy atom. The molecular weight excluding hydrogens is 747 g/mol. The van der Waals surface area contributed by atoms with Gasteiger partial charge in [-0.3, -0.25) is 14.8 Å². The van der Waals surface area contributed by atoms with E-state index in [2.05, 4.69) is 45.8 Å². The first-order chi connectivity index (χ1) is 27.2. The van der Waals surface area contributed by atoms with E-state index in [1.165, 1.54) is 12.1 Å². The average Bonchev–Trinajstić information content (AvgIpc) is 3.95. The fourth-order valence-electron chi connectivity index (χ4n) is 7.73. The number of nitrogens with one attached hydrogen (secondary N) is 1. The molecule has 0 radical (unpaired) electrons. The molecule has 0 saturated carbocycles. The molecule has 0 unspecified atom stereocenters. The van der Waals surface area contributed by atoms with Gasteiger partial charge in [-0.15, -0.1) is 0 Å². The van der Waals surface area contributed by atoms with Gasteiger partial charge in [-0.25, -0.2) is 13.6 Å². The number of benzene rings is 4. The number of halogens is 2. The maximum Gasteiger partial charge on any atom is 0.338 e. The Morgan fingerprint density at radius 1 is 0.729 bits per heavy atom. The molecule has 2 aliphatic heterocycles. The number of nitrogens with zero attached hydrogens (tertiary/aromatic N) is 4. The van der Waals surface area contributed by atoms with E-state index in [1.807, 2.05) is 62.9 Å². The van der Waals surface area contributed by atoms with E-state index in [0.717, 1.165) is 68.0 Å². The minimum Gasteiger partial charge on any atom is -0.478 e. The lowest BCUT2D eigenvalue weighted by atomic mass is 10.00. The van der Waals surface area contributed by atoms with Crippen LogP contribution in [0.3, 0.4) is 0 Å². The van der Waals surface area contributed by atoms with Crippen LogP contribution in [-0.4, -0.2) is 51.6 Å². The number of carboxylic acid groups (broad SMARTS) is 1. The van der Waals surface area contributed by atoms with Crippen LogP contribution in [0.1, 0.15) is 134 Å². The molecule has 11 heteroatoms. The van der Waals surface area contributed by atoms with E-state index in [0.29, 0.717) is 47.3 Å². The minimum atomic E-state index is -0.949. The third-order valence-electron chi connectivity index (χ3n) is 10.2. The van der Waals surface area contributed by atoms with Gasteiger partial charge in [-0.1, -0.05) is 49.5 Å². The molecule has 8 rings (SSSR count). The summed E-state index contributed by atoms with van der Waals surface area (Å²) in [7, 11) is 0. The first-order valence-corrected chi connectivity index (χ1v) is 19.4. The SMILES string of the molecule is C.C.CCN.CCNC(=O)c1c(C(C)C)n(-c2ccc(F)c(C)c2)c2cc3c(cc12)CN=C3.Cc1cc(-n2c(C(C)C)c(C(=O)O)c3cc4c(cc32)C=NC4)ccc1F. The zero-order valence-corrected chi connectivity index (χ0v) is 33.8. The molecule has 6 aromatic rings. The van der Waals surface area contributed by atoms with Crippen LogP contribution in [0, 0.1) is 25.5 Å². The maximum atomic E-state index is 13.9. The molecule has 2 aromatic heterocycles. The molecule has 9 nitrogen and oxygen atoms in total. The summed E-state index contributed by atoms with van der Waals surface area (Å²) in [6.45, 7) is 17.9. The van der Waals surface area contributed by atoms with Crippen molar-refractivity contribution in [2.24, 2.45) is 15.7 Å². The largest absolute Gasteiger partial charge is 0.478 e. The summed E-state index contributed by atoms with van der Waals surface area (Å²) in [6, 6.07) is 18.1. The minimum absolute atomic E-state index is 0. The Kier molecular flexibility index (Phi) is 14.5. The quantitative estimate of drug-likeness (QED) is 0.148. The molecule has 0 spiro atoms. The van der Waals surface area contributed by atoms with Crippen LogP contribution < -0.4 is 11.1 Å². The van der Waals surface area contributed by atoms with Gasteiger partial charge in [0.25, 0.3) is 5.91 Å². The molecule has 0 atom stereocenters. The number of aryl methyl sites for hydroxylation is 2. The summed E-state index contributed by atoms with van der Waals surface area (Å²) in [5.74, 6) is -1.44.